The lowest BCUT2D eigenvalue weighted by Gasteiger charge is -2.28. The fourth-order valence-electron chi connectivity index (χ4n) is 7.35. The summed E-state index contributed by atoms with van der Waals surface area (Å²) >= 11 is 3.74. The number of thiophene rings is 2. The Morgan fingerprint density at radius 3 is 1.84 bits per heavy atom. The first-order valence-corrected chi connectivity index (χ1v) is 18.2. The summed E-state index contributed by atoms with van der Waals surface area (Å²) < 4.78 is 5.29. The molecule has 2 heterocycles. The molecule has 3 heteroatoms. The highest BCUT2D eigenvalue weighted by atomic mass is 32.1. The maximum atomic E-state index is 2.42. The van der Waals surface area contributed by atoms with Crippen LogP contribution in [0.15, 0.2) is 176 Å². The maximum absolute atomic E-state index is 2.42. The summed E-state index contributed by atoms with van der Waals surface area (Å²) in [7, 11) is 0. The molecule has 0 saturated carbocycles. The zero-order valence-corrected chi connectivity index (χ0v) is 28.1. The van der Waals surface area contributed by atoms with Gasteiger partial charge >= 0.3 is 0 Å². The van der Waals surface area contributed by atoms with E-state index in [2.05, 4.69) is 181 Å². The first-order chi connectivity index (χ1) is 24.3. The van der Waals surface area contributed by atoms with Crippen LogP contribution in [0.2, 0.25) is 0 Å². The number of fused-ring (bicyclic) bond motifs is 7. The number of rotatable bonds is 5. The van der Waals surface area contributed by atoms with Crippen molar-refractivity contribution in [2.24, 2.45) is 0 Å². The van der Waals surface area contributed by atoms with Crippen LogP contribution in [-0.2, 0) is 0 Å². The van der Waals surface area contributed by atoms with E-state index in [1.54, 1.807) is 0 Å². The second kappa shape index (κ2) is 11.5. The van der Waals surface area contributed by atoms with Crippen LogP contribution in [0, 0.1) is 0 Å². The molecule has 1 nitrogen and oxygen atoms in total. The van der Waals surface area contributed by atoms with Crippen LogP contribution in [0.1, 0.15) is 0 Å². The third-order valence-corrected chi connectivity index (χ3v) is 11.9. The minimum Gasteiger partial charge on any atom is -0.310 e. The van der Waals surface area contributed by atoms with Gasteiger partial charge in [0, 0.05) is 57.3 Å². The monoisotopic (exact) mass is 659 g/mol. The zero-order valence-electron chi connectivity index (χ0n) is 26.5. The van der Waals surface area contributed by atoms with Crippen molar-refractivity contribution in [3.8, 4) is 22.3 Å². The Morgan fingerprint density at radius 1 is 0.347 bits per heavy atom. The molecule has 0 spiro atoms. The van der Waals surface area contributed by atoms with Crippen molar-refractivity contribution in [2.45, 2.75) is 0 Å². The van der Waals surface area contributed by atoms with Crippen LogP contribution in [0.25, 0.3) is 73.4 Å². The Bertz CT molecular complexity index is 2840. The molecule has 0 aliphatic heterocycles. The van der Waals surface area contributed by atoms with Crippen molar-refractivity contribution in [1.29, 1.82) is 0 Å². The Balaban J connectivity index is 1.14. The molecule has 0 aliphatic carbocycles. The summed E-state index contributed by atoms with van der Waals surface area (Å²) in [5.41, 5.74) is 8.32. The van der Waals surface area contributed by atoms with E-state index in [4.69, 9.17) is 0 Å². The van der Waals surface area contributed by atoms with E-state index in [1.807, 2.05) is 22.7 Å². The van der Waals surface area contributed by atoms with Gasteiger partial charge in [-0.15, -0.1) is 22.7 Å². The van der Waals surface area contributed by atoms with Gasteiger partial charge in [0.15, 0.2) is 0 Å². The number of benzene rings is 8. The molecular formula is C46H29NS2. The predicted octanol–water partition coefficient (Wildman–Crippen LogP) is 14.4. The molecule has 2 aromatic heterocycles. The number of hydrogen-bond donors (Lipinski definition) is 0. The van der Waals surface area contributed by atoms with Crippen LogP contribution >= 0.6 is 22.7 Å². The van der Waals surface area contributed by atoms with Crippen LogP contribution in [-0.4, -0.2) is 0 Å². The van der Waals surface area contributed by atoms with E-state index >= 15 is 0 Å². The lowest BCUT2D eigenvalue weighted by Crippen LogP contribution is -2.11. The molecule has 0 aliphatic rings. The molecular weight excluding hydrogens is 631 g/mol. The molecule has 0 saturated heterocycles. The standard InChI is InChI=1S/C46H29NS2/c1-2-11-32-28-35(26-22-30(32)10-1)47(34-24-20-31(21-25-34)33-23-27-38-37-13-4-7-17-42(37)49-45(38)29-33)41-16-6-3-12-36(41)39-15-9-19-44-46(39)40-14-5-8-18-43(40)48-44/h1-29H. The number of nitrogens with zero attached hydrogens (tertiary/aromatic N) is 1. The van der Waals surface area contributed by atoms with Crippen LogP contribution in [0.3, 0.4) is 0 Å². The Hall–Kier alpha value is -5.74. The van der Waals surface area contributed by atoms with Crippen molar-refractivity contribution in [3.63, 3.8) is 0 Å². The highest BCUT2D eigenvalue weighted by Crippen LogP contribution is 2.46. The topological polar surface area (TPSA) is 3.24 Å². The fraction of sp³-hybridized carbons (Fsp3) is 0. The smallest absolute Gasteiger partial charge is 0.0540 e. The largest absolute Gasteiger partial charge is 0.310 e. The fourth-order valence-corrected chi connectivity index (χ4v) is 9.62. The highest BCUT2D eigenvalue weighted by molar-refractivity contribution is 7.26. The van der Waals surface area contributed by atoms with Gasteiger partial charge in [0.1, 0.15) is 0 Å². The molecule has 0 radical (unpaired) electrons. The van der Waals surface area contributed by atoms with E-state index in [1.165, 1.54) is 73.4 Å². The van der Waals surface area contributed by atoms with Gasteiger partial charge in [0.25, 0.3) is 0 Å². The average molecular weight is 660 g/mol. The van der Waals surface area contributed by atoms with E-state index in [0.717, 1.165) is 17.1 Å². The van der Waals surface area contributed by atoms with Gasteiger partial charge in [-0.25, -0.2) is 0 Å². The third-order valence-electron chi connectivity index (χ3n) is 9.67. The van der Waals surface area contributed by atoms with Gasteiger partial charge in [-0.05, 0) is 82.1 Å². The lowest BCUT2D eigenvalue weighted by atomic mass is 9.96. The van der Waals surface area contributed by atoms with Crippen molar-refractivity contribution < 1.29 is 0 Å². The predicted molar refractivity (Wildman–Crippen MR) is 215 cm³/mol. The van der Waals surface area contributed by atoms with Crippen LogP contribution < -0.4 is 4.90 Å². The van der Waals surface area contributed by atoms with Crippen molar-refractivity contribution in [2.75, 3.05) is 4.90 Å². The molecule has 10 aromatic rings. The molecule has 230 valence electrons. The van der Waals surface area contributed by atoms with E-state index in [9.17, 15) is 0 Å². The Labute approximate surface area is 292 Å². The van der Waals surface area contributed by atoms with E-state index in [0.29, 0.717) is 0 Å². The SMILES string of the molecule is c1ccc(N(c2ccc(-c3ccc4c(c3)sc3ccccc34)cc2)c2ccc3ccccc3c2)c(-c2cccc3sc4ccccc4c23)c1. The zero-order chi connectivity index (χ0) is 32.3. The summed E-state index contributed by atoms with van der Waals surface area (Å²) in [6, 6.07) is 64.5. The summed E-state index contributed by atoms with van der Waals surface area (Å²) in [6.07, 6.45) is 0. The second-order valence-electron chi connectivity index (χ2n) is 12.5. The third kappa shape index (κ3) is 4.74. The molecule has 0 N–H and O–H groups in total. The molecule has 0 unspecified atom stereocenters. The van der Waals surface area contributed by atoms with Gasteiger partial charge in [-0.1, -0.05) is 121 Å². The van der Waals surface area contributed by atoms with Gasteiger partial charge in [-0.2, -0.15) is 0 Å². The number of anilines is 3. The summed E-state index contributed by atoms with van der Waals surface area (Å²) in [6.45, 7) is 0. The number of para-hydroxylation sites is 1. The van der Waals surface area contributed by atoms with Gasteiger partial charge in [-0.3, -0.25) is 0 Å². The summed E-state index contributed by atoms with van der Waals surface area (Å²) in [5, 5.41) is 7.75. The lowest BCUT2D eigenvalue weighted by molar-refractivity contribution is 1.29. The van der Waals surface area contributed by atoms with Crippen molar-refractivity contribution >= 4 is 90.9 Å². The highest BCUT2D eigenvalue weighted by Gasteiger charge is 2.20. The first-order valence-electron chi connectivity index (χ1n) is 16.6. The molecule has 0 atom stereocenters. The minimum atomic E-state index is 1.12. The molecule has 0 amide bonds. The summed E-state index contributed by atoms with van der Waals surface area (Å²) in [4.78, 5) is 2.42. The normalized spacial score (nSPS) is 11.7. The average Bonchev–Trinajstić information content (AvgIpc) is 3.74. The van der Waals surface area contributed by atoms with Crippen LogP contribution in [0.4, 0.5) is 17.1 Å². The van der Waals surface area contributed by atoms with Gasteiger partial charge < -0.3 is 4.90 Å². The van der Waals surface area contributed by atoms with E-state index < -0.39 is 0 Å². The minimum absolute atomic E-state index is 1.12. The van der Waals surface area contributed by atoms with E-state index in [-0.39, 0.29) is 0 Å². The Kier molecular flexibility index (Phi) is 6.61. The molecule has 0 bridgehead atoms. The Morgan fingerprint density at radius 2 is 0.959 bits per heavy atom. The van der Waals surface area contributed by atoms with Crippen molar-refractivity contribution in [3.05, 3.63) is 176 Å². The van der Waals surface area contributed by atoms with Crippen molar-refractivity contribution in [1.82, 2.24) is 0 Å². The summed E-state index contributed by atoms with van der Waals surface area (Å²) in [5.74, 6) is 0. The van der Waals surface area contributed by atoms with Gasteiger partial charge in [0.05, 0.1) is 5.69 Å². The maximum Gasteiger partial charge on any atom is 0.0540 e. The molecule has 10 rings (SSSR count). The molecule has 0 fully saturated rings. The van der Waals surface area contributed by atoms with Gasteiger partial charge in [0.2, 0.25) is 0 Å². The first kappa shape index (κ1) is 28.3. The number of hydrogen-bond acceptors (Lipinski definition) is 3. The molecule has 8 aromatic carbocycles. The van der Waals surface area contributed by atoms with Crippen LogP contribution in [0.5, 0.6) is 0 Å². The second-order valence-corrected chi connectivity index (χ2v) is 14.7. The molecule has 49 heavy (non-hydrogen) atoms. The quantitative estimate of drug-likeness (QED) is 0.178.